The third-order valence-electron chi connectivity index (χ3n) is 2.51. The van der Waals surface area contributed by atoms with E-state index in [0.29, 0.717) is 18.0 Å². The summed E-state index contributed by atoms with van der Waals surface area (Å²) in [7, 11) is -3.52. The highest BCUT2D eigenvalue weighted by Crippen LogP contribution is 2.15. The molecule has 0 aliphatic heterocycles. The number of nitrogens with zero attached hydrogens (tertiary/aromatic N) is 1. The summed E-state index contributed by atoms with van der Waals surface area (Å²) in [5.41, 5.74) is 0.844. The van der Waals surface area contributed by atoms with Crippen LogP contribution in [0.5, 0.6) is 0 Å². The highest BCUT2D eigenvalue weighted by molar-refractivity contribution is 7.89. The van der Waals surface area contributed by atoms with Gasteiger partial charge in [-0.1, -0.05) is 23.7 Å². The minimum absolute atomic E-state index is 0.168. The summed E-state index contributed by atoms with van der Waals surface area (Å²) in [6.45, 7) is 0.297. The van der Waals surface area contributed by atoms with Gasteiger partial charge in [0.05, 0.1) is 4.90 Å². The molecule has 0 unspecified atom stereocenters. The van der Waals surface area contributed by atoms with Gasteiger partial charge in [-0.2, -0.15) is 0 Å². The van der Waals surface area contributed by atoms with Crippen LogP contribution in [0.2, 0.25) is 5.02 Å². The smallest absolute Gasteiger partial charge is 0.240 e. The molecule has 0 saturated carbocycles. The Morgan fingerprint density at radius 3 is 2.68 bits per heavy atom. The molecule has 1 aromatic carbocycles. The molecule has 1 aromatic heterocycles. The molecule has 0 atom stereocenters. The summed E-state index contributed by atoms with van der Waals surface area (Å²) in [6, 6.07) is 11.7. The Hall–Kier alpha value is -1.43. The van der Waals surface area contributed by atoms with Crippen LogP contribution in [0.15, 0.2) is 53.6 Å². The first-order valence-electron chi connectivity index (χ1n) is 5.73. The van der Waals surface area contributed by atoms with Crippen LogP contribution in [-0.4, -0.2) is 19.9 Å². The van der Waals surface area contributed by atoms with E-state index in [-0.39, 0.29) is 4.90 Å². The molecule has 0 aliphatic rings. The molecule has 0 spiro atoms. The van der Waals surface area contributed by atoms with Gasteiger partial charge in [-0.15, -0.1) is 0 Å². The lowest BCUT2D eigenvalue weighted by Gasteiger charge is -2.06. The Bertz CT molecular complexity index is 645. The van der Waals surface area contributed by atoms with Crippen molar-refractivity contribution in [1.82, 2.24) is 9.71 Å². The standard InChI is InChI=1S/C13H13ClN2O2S/c14-11-4-3-6-13(10-11)19(17,18)16-9-7-12-5-1-2-8-15-12/h1-6,8,10,16H,7,9H2. The Morgan fingerprint density at radius 1 is 1.16 bits per heavy atom. The SMILES string of the molecule is O=S(=O)(NCCc1ccccn1)c1cccc(Cl)c1. The van der Waals surface area contributed by atoms with Gasteiger partial charge in [0.15, 0.2) is 0 Å². The largest absolute Gasteiger partial charge is 0.261 e. The number of sulfonamides is 1. The monoisotopic (exact) mass is 296 g/mol. The molecule has 100 valence electrons. The van der Waals surface area contributed by atoms with Crippen molar-refractivity contribution in [2.75, 3.05) is 6.54 Å². The van der Waals surface area contributed by atoms with Crippen LogP contribution in [0.1, 0.15) is 5.69 Å². The zero-order valence-corrected chi connectivity index (χ0v) is 11.7. The van der Waals surface area contributed by atoms with Crippen LogP contribution in [0, 0.1) is 0 Å². The summed E-state index contributed by atoms with van der Waals surface area (Å²) in [4.78, 5) is 4.30. The van der Waals surface area contributed by atoms with Crippen LogP contribution in [0.3, 0.4) is 0 Å². The first kappa shape index (κ1) is 14.0. The zero-order valence-electron chi connectivity index (χ0n) is 10.1. The van der Waals surface area contributed by atoms with Crippen molar-refractivity contribution in [3.8, 4) is 0 Å². The van der Waals surface area contributed by atoms with Crippen molar-refractivity contribution in [2.24, 2.45) is 0 Å². The number of pyridine rings is 1. The van der Waals surface area contributed by atoms with E-state index >= 15 is 0 Å². The van der Waals surface area contributed by atoms with Gasteiger partial charge in [0.2, 0.25) is 10.0 Å². The van der Waals surface area contributed by atoms with E-state index in [2.05, 4.69) is 9.71 Å². The molecule has 0 bridgehead atoms. The molecule has 6 heteroatoms. The van der Waals surface area contributed by atoms with Crippen molar-refractivity contribution in [2.45, 2.75) is 11.3 Å². The summed E-state index contributed by atoms with van der Waals surface area (Å²) in [5.74, 6) is 0. The maximum Gasteiger partial charge on any atom is 0.240 e. The van der Waals surface area contributed by atoms with Gasteiger partial charge in [-0.25, -0.2) is 13.1 Å². The van der Waals surface area contributed by atoms with Gasteiger partial charge in [0, 0.05) is 29.9 Å². The average molecular weight is 297 g/mol. The minimum Gasteiger partial charge on any atom is -0.261 e. The molecule has 0 radical (unpaired) electrons. The first-order valence-corrected chi connectivity index (χ1v) is 7.59. The molecular formula is C13H13ClN2O2S. The second-order valence-corrected chi connectivity index (χ2v) is 6.13. The van der Waals surface area contributed by atoms with Gasteiger partial charge in [-0.3, -0.25) is 4.98 Å². The number of hydrogen-bond donors (Lipinski definition) is 1. The third-order valence-corrected chi connectivity index (χ3v) is 4.20. The second kappa shape index (κ2) is 6.14. The fourth-order valence-electron chi connectivity index (χ4n) is 1.58. The fourth-order valence-corrected chi connectivity index (χ4v) is 2.91. The van der Waals surface area contributed by atoms with Crippen molar-refractivity contribution < 1.29 is 8.42 Å². The molecule has 1 N–H and O–H groups in total. The van der Waals surface area contributed by atoms with Gasteiger partial charge >= 0.3 is 0 Å². The van der Waals surface area contributed by atoms with E-state index in [9.17, 15) is 8.42 Å². The molecule has 1 heterocycles. The average Bonchev–Trinajstić information content (AvgIpc) is 2.40. The van der Waals surface area contributed by atoms with Crippen molar-refractivity contribution in [3.05, 3.63) is 59.4 Å². The fraction of sp³-hybridized carbons (Fsp3) is 0.154. The number of rotatable bonds is 5. The zero-order chi connectivity index (χ0) is 13.7. The van der Waals surface area contributed by atoms with Crippen LogP contribution < -0.4 is 4.72 Å². The van der Waals surface area contributed by atoms with Crippen molar-refractivity contribution in [3.63, 3.8) is 0 Å². The van der Waals surface area contributed by atoms with Gasteiger partial charge in [-0.05, 0) is 30.3 Å². The Kier molecular flexibility index (Phi) is 4.52. The lowest BCUT2D eigenvalue weighted by Crippen LogP contribution is -2.26. The number of hydrogen-bond acceptors (Lipinski definition) is 3. The van der Waals surface area contributed by atoms with E-state index in [4.69, 9.17) is 11.6 Å². The van der Waals surface area contributed by atoms with E-state index in [0.717, 1.165) is 5.69 Å². The Balaban J connectivity index is 1.99. The van der Waals surface area contributed by atoms with E-state index in [1.54, 1.807) is 18.3 Å². The molecule has 0 amide bonds. The predicted molar refractivity (Wildman–Crippen MR) is 74.6 cm³/mol. The van der Waals surface area contributed by atoms with Gasteiger partial charge in [0.25, 0.3) is 0 Å². The molecule has 2 rings (SSSR count). The summed E-state index contributed by atoms with van der Waals surface area (Å²) in [6.07, 6.45) is 2.22. The first-order chi connectivity index (χ1) is 9.08. The van der Waals surface area contributed by atoms with Crippen LogP contribution in [0.4, 0.5) is 0 Å². The molecule has 19 heavy (non-hydrogen) atoms. The molecule has 4 nitrogen and oxygen atoms in total. The number of benzene rings is 1. The maximum absolute atomic E-state index is 12.0. The quantitative estimate of drug-likeness (QED) is 0.920. The Labute approximate surface area is 117 Å². The number of nitrogens with one attached hydrogen (secondary N) is 1. The lowest BCUT2D eigenvalue weighted by molar-refractivity contribution is 0.581. The van der Waals surface area contributed by atoms with E-state index in [1.165, 1.54) is 12.1 Å². The van der Waals surface area contributed by atoms with Crippen LogP contribution >= 0.6 is 11.6 Å². The maximum atomic E-state index is 12.0. The molecule has 0 aliphatic carbocycles. The highest BCUT2D eigenvalue weighted by atomic mass is 35.5. The van der Waals surface area contributed by atoms with Crippen LogP contribution in [0.25, 0.3) is 0 Å². The molecule has 2 aromatic rings. The summed E-state index contributed by atoms with van der Waals surface area (Å²) in [5, 5.41) is 0.396. The van der Waals surface area contributed by atoms with Crippen LogP contribution in [-0.2, 0) is 16.4 Å². The lowest BCUT2D eigenvalue weighted by atomic mass is 10.3. The molecular weight excluding hydrogens is 284 g/mol. The molecule has 0 saturated heterocycles. The minimum atomic E-state index is -3.52. The third kappa shape index (κ3) is 4.02. The predicted octanol–water partition coefficient (Wildman–Crippen LogP) is 2.26. The van der Waals surface area contributed by atoms with E-state index in [1.807, 2.05) is 18.2 Å². The topological polar surface area (TPSA) is 59.1 Å². The van der Waals surface area contributed by atoms with Gasteiger partial charge < -0.3 is 0 Å². The summed E-state index contributed by atoms with van der Waals surface area (Å²) < 4.78 is 26.5. The van der Waals surface area contributed by atoms with Gasteiger partial charge in [0.1, 0.15) is 0 Å². The van der Waals surface area contributed by atoms with E-state index < -0.39 is 10.0 Å². The van der Waals surface area contributed by atoms with Crippen molar-refractivity contribution >= 4 is 21.6 Å². The molecule has 0 fully saturated rings. The normalized spacial score (nSPS) is 11.4. The second-order valence-electron chi connectivity index (χ2n) is 3.93. The Morgan fingerprint density at radius 2 is 2.00 bits per heavy atom. The number of aromatic nitrogens is 1. The number of halogens is 1. The summed E-state index contributed by atoms with van der Waals surface area (Å²) >= 11 is 5.78. The highest BCUT2D eigenvalue weighted by Gasteiger charge is 2.13. The van der Waals surface area contributed by atoms with Crippen molar-refractivity contribution in [1.29, 1.82) is 0 Å².